The molecule has 1 rings (SSSR count). The van der Waals surface area contributed by atoms with Crippen LogP contribution in [0.25, 0.3) is 0 Å². The molecule has 0 aliphatic carbocycles. The van der Waals surface area contributed by atoms with Crippen molar-refractivity contribution in [2.45, 2.75) is 26.3 Å². The molecular formula is C14H19NO3. The first kappa shape index (κ1) is 14.4. The number of carbonyl (C=O) groups excluding carboxylic acids is 2. The SMILES string of the molecule is CC(C)[C@H](N)C(=O)OCC(=O)Cc1ccccc1. The molecule has 98 valence electrons. The normalized spacial score (nSPS) is 12.2. The molecule has 4 nitrogen and oxygen atoms in total. The molecule has 0 aromatic heterocycles. The molecule has 0 amide bonds. The minimum absolute atomic E-state index is 0.00160. The van der Waals surface area contributed by atoms with Crippen LogP contribution in [0.15, 0.2) is 30.3 Å². The minimum atomic E-state index is -0.672. The molecular weight excluding hydrogens is 230 g/mol. The standard InChI is InChI=1S/C14H19NO3/c1-10(2)13(15)14(17)18-9-12(16)8-11-6-4-3-5-7-11/h3-7,10,13H,8-9,15H2,1-2H3/t13-/m0/s1. The summed E-state index contributed by atoms with van der Waals surface area (Å²) in [6.45, 7) is 3.45. The molecule has 0 spiro atoms. The van der Waals surface area contributed by atoms with Gasteiger partial charge in [-0.25, -0.2) is 0 Å². The van der Waals surface area contributed by atoms with Crippen LogP contribution in [-0.2, 0) is 20.7 Å². The van der Waals surface area contributed by atoms with Crippen LogP contribution in [0.1, 0.15) is 19.4 Å². The fourth-order valence-corrected chi connectivity index (χ4v) is 1.39. The predicted molar refractivity (Wildman–Crippen MR) is 68.9 cm³/mol. The maximum atomic E-state index is 11.6. The lowest BCUT2D eigenvalue weighted by Crippen LogP contribution is -2.37. The fraction of sp³-hybridized carbons (Fsp3) is 0.429. The van der Waals surface area contributed by atoms with Crippen LogP contribution in [0, 0.1) is 5.92 Å². The number of hydrogen-bond donors (Lipinski definition) is 1. The van der Waals surface area contributed by atoms with Gasteiger partial charge in [0.05, 0.1) is 0 Å². The second kappa shape index (κ2) is 6.91. The number of Topliss-reactive ketones (excluding diaryl/α,β-unsaturated/α-hetero) is 1. The Labute approximate surface area is 107 Å². The highest BCUT2D eigenvalue weighted by Crippen LogP contribution is 2.03. The Morgan fingerprint density at radius 3 is 2.39 bits per heavy atom. The third-order valence-corrected chi connectivity index (χ3v) is 2.61. The van der Waals surface area contributed by atoms with Crippen molar-refractivity contribution < 1.29 is 14.3 Å². The third kappa shape index (κ3) is 4.67. The van der Waals surface area contributed by atoms with Crippen LogP contribution < -0.4 is 5.73 Å². The fourth-order valence-electron chi connectivity index (χ4n) is 1.39. The van der Waals surface area contributed by atoms with Gasteiger partial charge in [0, 0.05) is 6.42 Å². The maximum absolute atomic E-state index is 11.6. The summed E-state index contributed by atoms with van der Waals surface area (Å²) in [6, 6.07) is 8.66. The molecule has 0 aliphatic rings. The highest BCUT2D eigenvalue weighted by molar-refractivity contribution is 5.85. The van der Waals surface area contributed by atoms with Crippen molar-refractivity contribution in [2.75, 3.05) is 6.61 Å². The first-order valence-electron chi connectivity index (χ1n) is 5.98. The van der Waals surface area contributed by atoms with E-state index >= 15 is 0 Å². The highest BCUT2D eigenvalue weighted by atomic mass is 16.5. The zero-order valence-corrected chi connectivity index (χ0v) is 10.8. The van der Waals surface area contributed by atoms with Crippen molar-refractivity contribution in [1.29, 1.82) is 0 Å². The molecule has 0 bridgehead atoms. The molecule has 2 N–H and O–H groups in total. The van der Waals surface area contributed by atoms with Crippen molar-refractivity contribution in [3.8, 4) is 0 Å². The summed E-state index contributed by atoms with van der Waals surface area (Å²) < 4.78 is 4.89. The van der Waals surface area contributed by atoms with Crippen LogP contribution in [0.5, 0.6) is 0 Å². The van der Waals surface area contributed by atoms with Crippen LogP contribution in [0.3, 0.4) is 0 Å². The van der Waals surface area contributed by atoms with Crippen molar-refractivity contribution in [1.82, 2.24) is 0 Å². The van der Waals surface area contributed by atoms with Crippen LogP contribution in [-0.4, -0.2) is 24.4 Å². The largest absolute Gasteiger partial charge is 0.457 e. The topological polar surface area (TPSA) is 69.4 Å². The van der Waals surface area contributed by atoms with Gasteiger partial charge in [0.1, 0.15) is 12.6 Å². The molecule has 1 aromatic carbocycles. The van der Waals surface area contributed by atoms with Gasteiger partial charge in [-0.2, -0.15) is 0 Å². The highest BCUT2D eigenvalue weighted by Gasteiger charge is 2.19. The quantitative estimate of drug-likeness (QED) is 0.772. The number of hydrogen-bond acceptors (Lipinski definition) is 4. The van der Waals surface area contributed by atoms with Gasteiger partial charge in [-0.15, -0.1) is 0 Å². The summed E-state index contributed by atoms with van der Waals surface area (Å²) in [7, 11) is 0. The van der Waals surface area contributed by atoms with Gasteiger partial charge in [0.25, 0.3) is 0 Å². The number of esters is 1. The van der Waals surface area contributed by atoms with Crippen LogP contribution in [0.2, 0.25) is 0 Å². The van der Waals surface area contributed by atoms with E-state index in [0.717, 1.165) is 5.56 Å². The minimum Gasteiger partial charge on any atom is -0.457 e. The van der Waals surface area contributed by atoms with E-state index in [9.17, 15) is 9.59 Å². The van der Waals surface area contributed by atoms with Crippen LogP contribution >= 0.6 is 0 Å². The molecule has 0 aliphatic heterocycles. The molecule has 4 heteroatoms. The van der Waals surface area contributed by atoms with Crippen molar-refractivity contribution in [2.24, 2.45) is 11.7 Å². The predicted octanol–water partition coefficient (Wildman–Crippen LogP) is 1.32. The average molecular weight is 249 g/mol. The summed E-state index contributed by atoms with van der Waals surface area (Å²) >= 11 is 0. The lowest BCUT2D eigenvalue weighted by Gasteiger charge is -2.13. The molecule has 0 heterocycles. The lowest BCUT2D eigenvalue weighted by molar-refractivity contribution is -0.150. The van der Waals surface area contributed by atoms with Gasteiger partial charge in [-0.05, 0) is 11.5 Å². The number of rotatable bonds is 6. The Hall–Kier alpha value is -1.68. The van der Waals surface area contributed by atoms with Gasteiger partial charge in [0.2, 0.25) is 0 Å². The van der Waals surface area contributed by atoms with Crippen molar-refractivity contribution >= 4 is 11.8 Å². The maximum Gasteiger partial charge on any atom is 0.323 e. The zero-order valence-electron chi connectivity index (χ0n) is 10.8. The summed E-state index contributed by atoms with van der Waals surface area (Å²) in [5, 5.41) is 0. The Kier molecular flexibility index (Phi) is 5.52. The molecule has 0 saturated heterocycles. The Morgan fingerprint density at radius 1 is 1.22 bits per heavy atom. The van der Waals surface area contributed by atoms with Gasteiger partial charge >= 0.3 is 5.97 Å². The third-order valence-electron chi connectivity index (χ3n) is 2.61. The van der Waals surface area contributed by atoms with E-state index in [0.29, 0.717) is 0 Å². The van der Waals surface area contributed by atoms with Crippen LogP contribution in [0.4, 0.5) is 0 Å². The summed E-state index contributed by atoms with van der Waals surface area (Å²) in [5.74, 6) is -0.654. The molecule has 18 heavy (non-hydrogen) atoms. The number of ether oxygens (including phenoxy) is 1. The molecule has 0 radical (unpaired) electrons. The van der Waals surface area contributed by atoms with E-state index in [1.54, 1.807) is 0 Å². The number of carbonyl (C=O) groups is 2. The average Bonchev–Trinajstić information content (AvgIpc) is 2.36. The molecule has 0 fully saturated rings. The number of nitrogens with two attached hydrogens (primary N) is 1. The second-order valence-corrected chi connectivity index (χ2v) is 4.58. The molecule has 0 unspecified atom stereocenters. The molecule has 1 aromatic rings. The van der Waals surface area contributed by atoms with E-state index < -0.39 is 12.0 Å². The Balaban J connectivity index is 2.36. The van der Waals surface area contributed by atoms with Gasteiger partial charge in [-0.1, -0.05) is 44.2 Å². The number of benzene rings is 1. The van der Waals surface area contributed by atoms with E-state index in [2.05, 4.69) is 0 Å². The summed E-state index contributed by atoms with van der Waals surface area (Å²) in [4.78, 5) is 23.0. The van der Waals surface area contributed by atoms with Gasteiger partial charge in [0.15, 0.2) is 5.78 Å². The molecule has 0 saturated carbocycles. The van der Waals surface area contributed by atoms with Gasteiger partial charge < -0.3 is 10.5 Å². The first-order chi connectivity index (χ1) is 8.50. The smallest absolute Gasteiger partial charge is 0.323 e. The molecule has 1 atom stereocenters. The van der Waals surface area contributed by atoms with Crippen molar-refractivity contribution in [3.63, 3.8) is 0 Å². The second-order valence-electron chi connectivity index (χ2n) is 4.58. The number of ketones is 1. The summed E-state index contributed by atoms with van der Waals surface area (Å²) in [5.41, 5.74) is 6.52. The zero-order chi connectivity index (χ0) is 13.5. The van der Waals surface area contributed by atoms with E-state index in [-0.39, 0.29) is 24.7 Å². The van der Waals surface area contributed by atoms with Gasteiger partial charge in [-0.3, -0.25) is 9.59 Å². The van der Waals surface area contributed by atoms with E-state index in [4.69, 9.17) is 10.5 Å². The summed E-state index contributed by atoms with van der Waals surface area (Å²) in [6.07, 6.45) is 0.269. The monoisotopic (exact) mass is 249 g/mol. The Morgan fingerprint density at radius 2 is 1.83 bits per heavy atom. The Bertz CT molecular complexity index is 401. The lowest BCUT2D eigenvalue weighted by atomic mass is 10.1. The van der Waals surface area contributed by atoms with E-state index in [1.165, 1.54) is 0 Å². The van der Waals surface area contributed by atoms with E-state index in [1.807, 2.05) is 44.2 Å². The van der Waals surface area contributed by atoms with Crippen molar-refractivity contribution in [3.05, 3.63) is 35.9 Å². The first-order valence-corrected chi connectivity index (χ1v) is 5.98.